The number of nitrogens with zero attached hydrogens (tertiary/aromatic N) is 1. The van der Waals surface area contributed by atoms with Crippen LogP contribution in [0.1, 0.15) is 51.0 Å². The third-order valence-electron chi connectivity index (χ3n) is 5.14. The molecule has 8 heteroatoms. The minimum Gasteiger partial charge on any atom is -0.481 e. The van der Waals surface area contributed by atoms with Crippen molar-refractivity contribution in [1.29, 1.82) is 0 Å². The molecule has 0 aliphatic carbocycles. The largest absolute Gasteiger partial charge is 0.481 e. The zero-order valence-electron chi connectivity index (χ0n) is 18.0. The zero-order valence-corrected chi connectivity index (χ0v) is 19.6. The number of carbonyl (C=O) groups excluding carboxylic acids is 1. The van der Waals surface area contributed by atoms with E-state index >= 15 is 0 Å². The van der Waals surface area contributed by atoms with Crippen LogP contribution in [0.5, 0.6) is 5.75 Å². The number of nitrogens with one attached hydrogen (secondary N) is 1. The Balaban J connectivity index is 1.53. The second-order valence-electron chi connectivity index (χ2n) is 8.58. The molecule has 1 amide bonds. The molecule has 3 rings (SSSR count). The maximum Gasteiger partial charge on any atom is 0.261 e. The van der Waals surface area contributed by atoms with Crippen molar-refractivity contribution in [1.82, 2.24) is 9.62 Å². The highest BCUT2D eigenvalue weighted by atomic mass is 32.2. The Kier molecular flexibility index (Phi) is 6.89. The molecule has 1 aliphatic rings. The van der Waals surface area contributed by atoms with Crippen molar-refractivity contribution in [2.45, 2.75) is 62.8 Å². The molecular formula is C22H30N2O4S2. The van der Waals surface area contributed by atoms with Crippen molar-refractivity contribution in [3.05, 3.63) is 46.8 Å². The van der Waals surface area contributed by atoms with Gasteiger partial charge in [0, 0.05) is 18.0 Å². The number of thiophene rings is 1. The summed E-state index contributed by atoms with van der Waals surface area (Å²) in [5.74, 6) is 0.396. The molecule has 1 saturated heterocycles. The lowest BCUT2D eigenvalue weighted by Gasteiger charge is -2.20. The van der Waals surface area contributed by atoms with Gasteiger partial charge in [0.1, 0.15) is 9.96 Å². The molecule has 0 spiro atoms. The smallest absolute Gasteiger partial charge is 0.261 e. The van der Waals surface area contributed by atoms with E-state index < -0.39 is 16.1 Å². The first kappa shape index (κ1) is 22.8. The molecule has 1 fully saturated rings. The number of hydrogen-bond acceptors (Lipinski definition) is 5. The Bertz CT molecular complexity index is 969. The summed E-state index contributed by atoms with van der Waals surface area (Å²) in [6.07, 6.45) is 1.16. The third-order valence-corrected chi connectivity index (χ3v) is 8.59. The van der Waals surface area contributed by atoms with Crippen LogP contribution >= 0.6 is 11.3 Å². The number of benzene rings is 1. The SMILES string of the molecule is CC(Oc1ccc(C(C)(C)C)cc1)C(=O)NCc1ccc(S(=O)(=O)N2CCCC2)s1. The van der Waals surface area contributed by atoms with Gasteiger partial charge in [-0.2, -0.15) is 4.31 Å². The van der Waals surface area contributed by atoms with Crippen LogP contribution < -0.4 is 10.1 Å². The topological polar surface area (TPSA) is 75.7 Å². The molecule has 1 atom stereocenters. The Hall–Kier alpha value is -1.90. The fraction of sp³-hybridized carbons (Fsp3) is 0.500. The van der Waals surface area contributed by atoms with Crippen LogP contribution in [0.15, 0.2) is 40.6 Å². The Morgan fingerprint density at radius 2 is 1.77 bits per heavy atom. The molecule has 1 aromatic heterocycles. The van der Waals surface area contributed by atoms with Crippen LogP contribution in [0, 0.1) is 0 Å². The number of carbonyl (C=O) groups is 1. The van der Waals surface area contributed by atoms with E-state index in [9.17, 15) is 13.2 Å². The van der Waals surface area contributed by atoms with E-state index in [4.69, 9.17) is 4.74 Å². The maximum absolute atomic E-state index is 12.6. The molecule has 30 heavy (non-hydrogen) atoms. The van der Waals surface area contributed by atoms with Gasteiger partial charge in [-0.15, -0.1) is 11.3 Å². The van der Waals surface area contributed by atoms with E-state index in [2.05, 4.69) is 26.1 Å². The summed E-state index contributed by atoms with van der Waals surface area (Å²) in [6, 6.07) is 11.1. The molecule has 164 valence electrons. The highest BCUT2D eigenvalue weighted by molar-refractivity contribution is 7.91. The van der Waals surface area contributed by atoms with Crippen LogP contribution in [0.4, 0.5) is 0 Å². The molecule has 0 bridgehead atoms. The predicted molar refractivity (Wildman–Crippen MR) is 119 cm³/mol. The molecule has 1 aromatic carbocycles. The molecular weight excluding hydrogens is 420 g/mol. The molecule has 1 aliphatic heterocycles. The molecule has 1 N–H and O–H groups in total. The third kappa shape index (κ3) is 5.42. The van der Waals surface area contributed by atoms with Gasteiger partial charge in [-0.3, -0.25) is 4.79 Å². The standard InChI is InChI=1S/C22H30N2O4S2/c1-16(28-18-9-7-17(8-10-18)22(2,3)4)21(25)23-15-19-11-12-20(29-19)30(26,27)24-13-5-6-14-24/h7-12,16H,5-6,13-15H2,1-4H3,(H,23,25). The summed E-state index contributed by atoms with van der Waals surface area (Å²) in [4.78, 5) is 13.2. The normalized spacial score (nSPS) is 16.4. The average molecular weight is 451 g/mol. The van der Waals surface area contributed by atoms with Gasteiger partial charge in [0.15, 0.2) is 6.10 Å². The highest BCUT2D eigenvalue weighted by Crippen LogP contribution is 2.27. The summed E-state index contributed by atoms with van der Waals surface area (Å²) in [5, 5.41) is 2.83. The van der Waals surface area contributed by atoms with Crippen molar-refractivity contribution in [3.8, 4) is 5.75 Å². The molecule has 2 heterocycles. The quantitative estimate of drug-likeness (QED) is 0.694. The van der Waals surface area contributed by atoms with Crippen molar-refractivity contribution < 1.29 is 17.9 Å². The van der Waals surface area contributed by atoms with Gasteiger partial charge >= 0.3 is 0 Å². The first-order valence-electron chi connectivity index (χ1n) is 10.2. The van der Waals surface area contributed by atoms with E-state index in [-0.39, 0.29) is 17.9 Å². The van der Waals surface area contributed by atoms with E-state index in [0.29, 0.717) is 23.0 Å². The van der Waals surface area contributed by atoms with Crippen LogP contribution in [0.3, 0.4) is 0 Å². The van der Waals surface area contributed by atoms with E-state index in [0.717, 1.165) is 17.7 Å². The second kappa shape index (κ2) is 9.08. The minimum absolute atomic E-state index is 0.0589. The highest BCUT2D eigenvalue weighted by Gasteiger charge is 2.28. The van der Waals surface area contributed by atoms with Gasteiger partial charge in [0.25, 0.3) is 15.9 Å². The average Bonchev–Trinajstić information content (AvgIpc) is 3.38. The molecule has 0 saturated carbocycles. The molecule has 1 unspecified atom stereocenters. The fourth-order valence-corrected chi connectivity index (χ4v) is 6.22. The Morgan fingerprint density at radius 3 is 2.37 bits per heavy atom. The molecule has 0 radical (unpaired) electrons. The summed E-state index contributed by atoms with van der Waals surface area (Å²) in [7, 11) is -3.41. The zero-order chi connectivity index (χ0) is 21.9. The monoisotopic (exact) mass is 450 g/mol. The Labute approximate surface area is 183 Å². The number of hydrogen-bond donors (Lipinski definition) is 1. The van der Waals surface area contributed by atoms with Gasteiger partial charge in [-0.05, 0) is 55.0 Å². The minimum atomic E-state index is -3.41. The summed E-state index contributed by atoms with van der Waals surface area (Å²) < 4.78 is 32.8. The lowest BCUT2D eigenvalue weighted by molar-refractivity contribution is -0.127. The lowest BCUT2D eigenvalue weighted by atomic mass is 9.87. The van der Waals surface area contributed by atoms with E-state index in [1.807, 2.05) is 24.3 Å². The van der Waals surface area contributed by atoms with Crippen molar-refractivity contribution in [3.63, 3.8) is 0 Å². The van der Waals surface area contributed by atoms with Gasteiger partial charge in [-0.1, -0.05) is 32.9 Å². The van der Waals surface area contributed by atoms with Gasteiger partial charge in [-0.25, -0.2) is 8.42 Å². The summed E-state index contributed by atoms with van der Waals surface area (Å²) in [6.45, 7) is 9.57. The fourth-order valence-electron chi connectivity index (χ4n) is 3.26. The second-order valence-corrected chi connectivity index (χ2v) is 11.9. The van der Waals surface area contributed by atoms with Crippen LogP contribution in [-0.2, 0) is 26.8 Å². The Morgan fingerprint density at radius 1 is 1.13 bits per heavy atom. The number of ether oxygens (including phenoxy) is 1. The van der Waals surface area contributed by atoms with Gasteiger partial charge < -0.3 is 10.1 Å². The first-order valence-corrected chi connectivity index (χ1v) is 12.5. The van der Waals surface area contributed by atoms with Crippen molar-refractivity contribution >= 4 is 27.3 Å². The number of rotatable bonds is 7. The van der Waals surface area contributed by atoms with E-state index in [1.165, 1.54) is 21.2 Å². The molecule has 2 aromatic rings. The predicted octanol–water partition coefficient (Wildman–Crippen LogP) is 3.91. The summed E-state index contributed by atoms with van der Waals surface area (Å²) in [5.41, 5.74) is 1.26. The van der Waals surface area contributed by atoms with Gasteiger partial charge in [0.2, 0.25) is 0 Å². The summed E-state index contributed by atoms with van der Waals surface area (Å²) >= 11 is 1.20. The van der Waals surface area contributed by atoms with Crippen LogP contribution in [-0.4, -0.2) is 37.8 Å². The lowest BCUT2D eigenvalue weighted by Crippen LogP contribution is -2.35. The van der Waals surface area contributed by atoms with Crippen LogP contribution in [0.25, 0.3) is 0 Å². The van der Waals surface area contributed by atoms with Crippen molar-refractivity contribution in [2.75, 3.05) is 13.1 Å². The maximum atomic E-state index is 12.6. The van der Waals surface area contributed by atoms with Crippen molar-refractivity contribution in [2.24, 2.45) is 0 Å². The number of sulfonamides is 1. The van der Waals surface area contributed by atoms with E-state index in [1.54, 1.807) is 19.1 Å². The first-order chi connectivity index (χ1) is 14.1. The molecule has 6 nitrogen and oxygen atoms in total. The van der Waals surface area contributed by atoms with Crippen LogP contribution in [0.2, 0.25) is 0 Å². The number of amides is 1. The van der Waals surface area contributed by atoms with Gasteiger partial charge in [0.05, 0.1) is 6.54 Å².